The van der Waals surface area contributed by atoms with E-state index in [2.05, 4.69) is 36.3 Å². The predicted molar refractivity (Wildman–Crippen MR) is 121 cm³/mol. The van der Waals surface area contributed by atoms with Crippen molar-refractivity contribution in [1.82, 2.24) is 35.2 Å². The number of nitrogens with one attached hydrogen (secondary N) is 2. The van der Waals surface area contributed by atoms with Crippen LogP contribution in [0.2, 0.25) is 0 Å². The first-order chi connectivity index (χ1) is 16.1. The lowest BCUT2D eigenvalue weighted by molar-refractivity contribution is -0.100. The lowest BCUT2D eigenvalue weighted by Gasteiger charge is -2.63. The second-order valence-corrected chi connectivity index (χ2v) is 12.5. The molecule has 2 spiro atoms. The van der Waals surface area contributed by atoms with Crippen LogP contribution in [0, 0.1) is 16.7 Å². The van der Waals surface area contributed by atoms with Crippen LogP contribution in [0.25, 0.3) is 0 Å². The van der Waals surface area contributed by atoms with Gasteiger partial charge in [0.1, 0.15) is 5.82 Å². The number of H-pyrrole nitrogens is 2. The minimum absolute atomic E-state index is 0.273. The van der Waals surface area contributed by atoms with Crippen LogP contribution in [0.3, 0.4) is 0 Å². The van der Waals surface area contributed by atoms with E-state index in [-0.39, 0.29) is 6.03 Å². The zero-order valence-corrected chi connectivity index (χ0v) is 19.2. The number of aromatic amines is 2. The number of amides is 2. The molecule has 4 saturated carbocycles. The van der Waals surface area contributed by atoms with E-state index in [0.29, 0.717) is 22.7 Å². The Balaban J connectivity index is 0.784. The summed E-state index contributed by atoms with van der Waals surface area (Å²) in [5.41, 5.74) is 3.33. The van der Waals surface area contributed by atoms with Crippen molar-refractivity contribution in [3.63, 3.8) is 0 Å². The fraction of sp³-hybridized carbons (Fsp3) is 0.760. The predicted octanol–water partition coefficient (Wildman–Crippen LogP) is 3.54. The summed E-state index contributed by atoms with van der Waals surface area (Å²) >= 11 is 0. The summed E-state index contributed by atoms with van der Waals surface area (Å²) in [5, 5.41) is 15.4. The van der Waals surface area contributed by atoms with E-state index in [9.17, 15) is 4.79 Å². The molecule has 33 heavy (non-hydrogen) atoms. The second-order valence-electron chi connectivity index (χ2n) is 12.5. The Kier molecular flexibility index (Phi) is 3.68. The van der Waals surface area contributed by atoms with Crippen LogP contribution in [-0.4, -0.2) is 67.4 Å². The van der Waals surface area contributed by atoms with Crippen molar-refractivity contribution < 1.29 is 4.79 Å². The molecule has 2 N–H and O–H groups in total. The van der Waals surface area contributed by atoms with E-state index in [1.807, 2.05) is 0 Å². The summed E-state index contributed by atoms with van der Waals surface area (Å²) in [5.74, 6) is 4.70. The average Bonchev–Trinajstić information content (AvgIpc) is 3.62. The molecule has 0 atom stereocenters. The SMILES string of the molecule is O=C(N1CC2(CC(Cc3cc(C4CC4)n[nH]3)C2)C1)N1CC2(CC(c3n[nH]c(C4CC4)n3)C2)C1. The van der Waals surface area contributed by atoms with Crippen molar-refractivity contribution in [3.8, 4) is 0 Å². The molecule has 8 rings (SSSR count). The van der Waals surface area contributed by atoms with E-state index >= 15 is 0 Å². The molecular weight excluding hydrogens is 414 g/mol. The highest BCUT2D eigenvalue weighted by molar-refractivity contribution is 5.77. The molecule has 4 heterocycles. The summed E-state index contributed by atoms with van der Waals surface area (Å²) in [6.07, 6.45) is 11.1. The van der Waals surface area contributed by atoms with E-state index in [4.69, 9.17) is 4.98 Å². The molecule has 2 aliphatic heterocycles. The van der Waals surface area contributed by atoms with Crippen molar-refractivity contribution >= 4 is 6.03 Å². The van der Waals surface area contributed by atoms with Crippen molar-refractivity contribution in [2.45, 2.75) is 75.5 Å². The van der Waals surface area contributed by atoms with Gasteiger partial charge in [-0.2, -0.15) is 10.2 Å². The number of urea groups is 1. The quantitative estimate of drug-likeness (QED) is 0.733. The average molecular weight is 448 g/mol. The Hall–Kier alpha value is -2.38. The fourth-order valence-corrected chi connectivity index (χ4v) is 7.38. The van der Waals surface area contributed by atoms with E-state index in [0.717, 1.165) is 68.9 Å². The van der Waals surface area contributed by atoms with Crippen LogP contribution in [0.15, 0.2) is 6.07 Å². The van der Waals surface area contributed by atoms with Crippen LogP contribution in [-0.2, 0) is 6.42 Å². The number of aromatic nitrogens is 5. The second kappa shape index (κ2) is 6.39. The number of rotatable bonds is 5. The van der Waals surface area contributed by atoms with Crippen LogP contribution in [0.5, 0.6) is 0 Å². The highest BCUT2D eigenvalue weighted by Crippen LogP contribution is 2.57. The van der Waals surface area contributed by atoms with Crippen molar-refractivity contribution in [2.24, 2.45) is 16.7 Å². The maximum absolute atomic E-state index is 13.0. The van der Waals surface area contributed by atoms with E-state index in [1.165, 1.54) is 49.9 Å². The van der Waals surface area contributed by atoms with Gasteiger partial charge in [0.15, 0.2) is 5.82 Å². The van der Waals surface area contributed by atoms with Crippen molar-refractivity contribution in [2.75, 3.05) is 26.2 Å². The summed E-state index contributed by atoms with van der Waals surface area (Å²) < 4.78 is 0. The van der Waals surface area contributed by atoms with Gasteiger partial charge in [0.25, 0.3) is 0 Å². The molecule has 8 nitrogen and oxygen atoms in total. The van der Waals surface area contributed by atoms with Gasteiger partial charge in [-0.3, -0.25) is 10.2 Å². The maximum atomic E-state index is 13.0. The zero-order chi connectivity index (χ0) is 21.8. The monoisotopic (exact) mass is 447 g/mol. The molecule has 0 aromatic carbocycles. The van der Waals surface area contributed by atoms with Crippen LogP contribution in [0.1, 0.15) is 92.2 Å². The number of nitrogens with zero attached hydrogens (tertiary/aromatic N) is 5. The van der Waals surface area contributed by atoms with Gasteiger partial charge in [0.05, 0.1) is 5.69 Å². The molecule has 174 valence electrons. The molecule has 2 saturated heterocycles. The molecule has 4 aliphatic carbocycles. The fourth-order valence-electron chi connectivity index (χ4n) is 7.38. The maximum Gasteiger partial charge on any atom is 0.320 e. The van der Waals surface area contributed by atoms with Crippen molar-refractivity contribution in [3.05, 3.63) is 29.1 Å². The highest BCUT2D eigenvalue weighted by atomic mass is 16.2. The van der Waals surface area contributed by atoms with Gasteiger partial charge in [0.2, 0.25) is 0 Å². The standard InChI is InChI=1S/C25H33N7O/c33-23(32-13-25(14-32)9-18(10-25)22-26-21(29-30-22)17-3-4-17)31-11-24(12-31)7-15(8-24)5-19-6-20(28-27-19)16-1-2-16/h6,15-18H,1-5,7-14H2,(H,27,28)(H,26,29,30). The first kappa shape index (κ1) is 19.0. The Morgan fingerprint density at radius 2 is 1.55 bits per heavy atom. The topological polar surface area (TPSA) is 93.8 Å². The first-order valence-corrected chi connectivity index (χ1v) is 13.1. The van der Waals surface area contributed by atoms with Crippen LogP contribution in [0.4, 0.5) is 4.79 Å². The minimum atomic E-state index is 0.273. The smallest absolute Gasteiger partial charge is 0.320 e. The Morgan fingerprint density at radius 1 is 0.879 bits per heavy atom. The van der Waals surface area contributed by atoms with Crippen LogP contribution >= 0.6 is 0 Å². The lowest BCUT2D eigenvalue weighted by atomic mass is 9.56. The molecule has 2 amide bonds. The molecule has 8 heteroatoms. The van der Waals surface area contributed by atoms with Gasteiger partial charge in [0, 0.05) is 60.5 Å². The molecular formula is C25H33N7O. The number of hydrogen-bond acceptors (Lipinski definition) is 4. The molecule has 2 aromatic rings. The minimum Gasteiger partial charge on any atom is -0.323 e. The van der Waals surface area contributed by atoms with Crippen molar-refractivity contribution in [1.29, 1.82) is 0 Å². The summed E-state index contributed by atoms with van der Waals surface area (Å²) in [6, 6.07) is 2.56. The first-order valence-electron chi connectivity index (χ1n) is 13.1. The summed E-state index contributed by atoms with van der Waals surface area (Å²) in [4.78, 5) is 21.9. The third-order valence-corrected chi connectivity index (χ3v) is 9.45. The highest BCUT2D eigenvalue weighted by Gasteiger charge is 2.58. The molecule has 0 radical (unpaired) electrons. The Labute approximate surface area is 193 Å². The molecule has 2 aromatic heterocycles. The van der Waals surface area contributed by atoms with Gasteiger partial charge >= 0.3 is 6.03 Å². The number of likely N-dealkylation sites (tertiary alicyclic amines) is 2. The van der Waals surface area contributed by atoms with Gasteiger partial charge in [-0.1, -0.05) is 0 Å². The van der Waals surface area contributed by atoms with Gasteiger partial charge in [-0.15, -0.1) is 0 Å². The summed E-state index contributed by atoms with van der Waals surface area (Å²) in [7, 11) is 0. The van der Waals surface area contributed by atoms with Gasteiger partial charge in [-0.25, -0.2) is 9.78 Å². The third kappa shape index (κ3) is 3.08. The zero-order valence-electron chi connectivity index (χ0n) is 19.2. The largest absolute Gasteiger partial charge is 0.323 e. The van der Waals surface area contributed by atoms with E-state index in [1.54, 1.807) is 0 Å². The number of hydrogen-bond donors (Lipinski definition) is 2. The molecule has 6 fully saturated rings. The van der Waals surface area contributed by atoms with Gasteiger partial charge < -0.3 is 9.80 Å². The van der Waals surface area contributed by atoms with E-state index < -0.39 is 0 Å². The number of carbonyl (C=O) groups is 1. The number of carbonyl (C=O) groups excluding carboxylic acids is 1. The Morgan fingerprint density at radius 3 is 2.21 bits per heavy atom. The summed E-state index contributed by atoms with van der Waals surface area (Å²) in [6.45, 7) is 3.78. The van der Waals surface area contributed by atoms with Gasteiger partial charge in [-0.05, 0) is 69.8 Å². The normalized spacial score (nSPS) is 27.9. The molecule has 0 bridgehead atoms. The van der Waals surface area contributed by atoms with Crippen LogP contribution < -0.4 is 0 Å². The molecule has 0 unspecified atom stereocenters. The molecule has 6 aliphatic rings. The Bertz CT molecular complexity index is 1080. The lowest BCUT2D eigenvalue weighted by Crippen LogP contribution is -2.70. The third-order valence-electron chi connectivity index (χ3n) is 9.45.